The average Bonchev–Trinajstić information content (AvgIpc) is 2.78. The van der Waals surface area contributed by atoms with Gasteiger partial charge in [0.25, 0.3) is 5.91 Å². The van der Waals surface area contributed by atoms with Crippen molar-refractivity contribution >= 4 is 29.3 Å². The van der Waals surface area contributed by atoms with Gasteiger partial charge in [-0.05, 0) is 78.6 Å². The number of methoxy groups -OCH3 is 1. The number of nitriles is 1. The lowest BCUT2D eigenvalue weighted by molar-refractivity contribution is -0.112. The number of ether oxygens (including phenoxy) is 2. The molecule has 0 aromatic heterocycles. The van der Waals surface area contributed by atoms with E-state index in [-0.39, 0.29) is 5.57 Å². The van der Waals surface area contributed by atoms with Crippen molar-refractivity contribution in [2.45, 2.75) is 20.5 Å². The smallest absolute Gasteiger partial charge is 0.266 e. The summed E-state index contributed by atoms with van der Waals surface area (Å²) in [4.78, 5) is 12.6. The molecule has 0 saturated heterocycles. The van der Waals surface area contributed by atoms with Gasteiger partial charge in [0.15, 0.2) is 11.5 Å². The topological polar surface area (TPSA) is 71.3 Å². The van der Waals surface area contributed by atoms with E-state index in [2.05, 4.69) is 5.32 Å². The zero-order chi connectivity index (χ0) is 23.1. The molecule has 0 bridgehead atoms. The highest BCUT2D eigenvalue weighted by molar-refractivity contribution is 6.30. The maximum atomic E-state index is 12.6. The minimum Gasteiger partial charge on any atom is -0.493 e. The molecule has 1 N–H and O–H groups in total. The Kier molecular flexibility index (Phi) is 7.54. The summed E-state index contributed by atoms with van der Waals surface area (Å²) in [5, 5.41) is 12.9. The van der Waals surface area contributed by atoms with Crippen LogP contribution in [-0.2, 0) is 11.4 Å². The largest absolute Gasteiger partial charge is 0.493 e. The number of benzene rings is 3. The van der Waals surface area contributed by atoms with Crippen LogP contribution in [0.4, 0.5) is 5.69 Å². The predicted molar refractivity (Wildman–Crippen MR) is 127 cm³/mol. The van der Waals surface area contributed by atoms with Gasteiger partial charge >= 0.3 is 0 Å². The standard InChI is InChI=1S/C26H23ClN2O3/c1-17-7-9-23(11-18(17)2)29-26(30)21(15-28)12-19-8-10-24(25(14-19)31-3)32-16-20-5-4-6-22(27)13-20/h4-14H,16H2,1-3H3,(H,29,30)/b21-12+. The zero-order valence-electron chi connectivity index (χ0n) is 18.1. The van der Waals surface area contributed by atoms with Gasteiger partial charge < -0.3 is 14.8 Å². The van der Waals surface area contributed by atoms with Crippen molar-refractivity contribution in [2.75, 3.05) is 12.4 Å². The molecule has 0 saturated carbocycles. The molecule has 0 heterocycles. The second-order valence-electron chi connectivity index (χ2n) is 7.25. The number of nitrogens with one attached hydrogen (secondary N) is 1. The predicted octanol–water partition coefficient (Wildman–Crippen LogP) is 6.09. The Bertz CT molecular complexity index is 1210. The van der Waals surface area contributed by atoms with Crippen molar-refractivity contribution in [3.8, 4) is 17.6 Å². The normalized spacial score (nSPS) is 10.9. The number of halogens is 1. The molecule has 3 rings (SSSR count). The molecule has 0 fully saturated rings. The van der Waals surface area contributed by atoms with Crippen molar-refractivity contribution in [1.29, 1.82) is 5.26 Å². The monoisotopic (exact) mass is 446 g/mol. The Morgan fingerprint density at radius 2 is 1.88 bits per heavy atom. The first kappa shape index (κ1) is 22.9. The number of anilines is 1. The lowest BCUT2D eigenvalue weighted by atomic mass is 10.1. The van der Waals surface area contributed by atoms with Crippen LogP contribution in [0.2, 0.25) is 5.02 Å². The van der Waals surface area contributed by atoms with Gasteiger partial charge in [-0.15, -0.1) is 0 Å². The summed E-state index contributed by atoms with van der Waals surface area (Å²) < 4.78 is 11.3. The fourth-order valence-corrected chi connectivity index (χ4v) is 3.23. The van der Waals surface area contributed by atoms with Gasteiger partial charge in [-0.2, -0.15) is 5.26 Å². The molecule has 0 aliphatic heterocycles. The molecule has 162 valence electrons. The molecule has 3 aromatic rings. The van der Waals surface area contributed by atoms with Gasteiger partial charge in [-0.25, -0.2) is 0 Å². The molecule has 0 unspecified atom stereocenters. The number of hydrogen-bond donors (Lipinski definition) is 1. The SMILES string of the molecule is COc1cc(/C=C(\C#N)C(=O)Nc2ccc(C)c(C)c2)ccc1OCc1cccc(Cl)c1. The third kappa shape index (κ3) is 5.90. The number of hydrogen-bond acceptors (Lipinski definition) is 4. The van der Waals surface area contributed by atoms with Gasteiger partial charge in [0.05, 0.1) is 7.11 Å². The van der Waals surface area contributed by atoms with Crippen LogP contribution in [0.5, 0.6) is 11.5 Å². The van der Waals surface area contributed by atoms with Crippen LogP contribution in [0.1, 0.15) is 22.3 Å². The Balaban J connectivity index is 1.76. The molecule has 0 atom stereocenters. The number of amides is 1. The van der Waals surface area contributed by atoms with Crippen LogP contribution < -0.4 is 14.8 Å². The van der Waals surface area contributed by atoms with E-state index < -0.39 is 5.91 Å². The van der Waals surface area contributed by atoms with E-state index in [4.69, 9.17) is 21.1 Å². The van der Waals surface area contributed by atoms with E-state index in [1.165, 1.54) is 13.2 Å². The fraction of sp³-hybridized carbons (Fsp3) is 0.154. The Labute approximate surface area is 192 Å². The van der Waals surface area contributed by atoms with E-state index in [0.717, 1.165) is 16.7 Å². The summed E-state index contributed by atoms with van der Waals surface area (Å²) in [5.74, 6) is 0.561. The molecular formula is C26H23ClN2O3. The molecule has 0 radical (unpaired) electrons. The molecule has 3 aromatic carbocycles. The maximum absolute atomic E-state index is 12.6. The number of carbonyl (C=O) groups excluding carboxylic acids is 1. The van der Waals surface area contributed by atoms with Crippen molar-refractivity contribution < 1.29 is 14.3 Å². The van der Waals surface area contributed by atoms with Crippen molar-refractivity contribution in [3.05, 3.63) is 93.5 Å². The maximum Gasteiger partial charge on any atom is 0.266 e. The van der Waals surface area contributed by atoms with Crippen LogP contribution in [-0.4, -0.2) is 13.0 Å². The average molecular weight is 447 g/mol. The summed E-state index contributed by atoms with van der Waals surface area (Å²) in [6, 6.07) is 20.2. The summed E-state index contributed by atoms with van der Waals surface area (Å²) in [6.07, 6.45) is 1.51. The third-order valence-corrected chi connectivity index (χ3v) is 5.15. The number of rotatable bonds is 7. The van der Waals surface area contributed by atoms with Gasteiger partial charge in [0.2, 0.25) is 0 Å². The first-order chi connectivity index (χ1) is 15.4. The summed E-state index contributed by atoms with van der Waals surface area (Å²) >= 11 is 6.01. The van der Waals surface area contributed by atoms with Gasteiger partial charge in [0, 0.05) is 10.7 Å². The van der Waals surface area contributed by atoms with E-state index >= 15 is 0 Å². The molecule has 5 nitrogen and oxygen atoms in total. The van der Waals surface area contributed by atoms with E-state index in [9.17, 15) is 10.1 Å². The second-order valence-corrected chi connectivity index (χ2v) is 7.69. The first-order valence-corrected chi connectivity index (χ1v) is 10.3. The minimum absolute atomic E-state index is 0.0159. The van der Waals surface area contributed by atoms with Crippen LogP contribution in [0.25, 0.3) is 6.08 Å². The van der Waals surface area contributed by atoms with E-state index in [1.54, 1.807) is 24.3 Å². The van der Waals surface area contributed by atoms with Crippen molar-refractivity contribution in [1.82, 2.24) is 0 Å². The number of carbonyl (C=O) groups is 1. The number of nitrogens with zero attached hydrogens (tertiary/aromatic N) is 1. The Morgan fingerprint density at radius 3 is 2.56 bits per heavy atom. The van der Waals surface area contributed by atoms with Crippen LogP contribution in [0.3, 0.4) is 0 Å². The second kappa shape index (κ2) is 10.5. The molecule has 32 heavy (non-hydrogen) atoms. The fourth-order valence-electron chi connectivity index (χ4n) is 3.01. The van der Waals surface area contributed by atoms with E-state index in [0.29, 0.717) is 34.4 Å². The summed E-state index contributed by atoms with van der Waals surface area (Å²) in [5.41, 5.74) is 4.38. The van der Waals surface area contributed by atoms with Crippen molar-refractivity contribution in [2.24, 2.45) is 0 Å². The molecule has 0 spiro atoms. The van der Waals surface area contributed by atoms with Crippen LogP contribution in [0, 0.1) is 25.2 Å². The first-order valence-electron chi connectivity index (χ1n) is 9.95. The molecule has 6 heteroatoms. The Morgan fingerprint density at radius 1 is 1.06 bits per heavy atom. The van der Waals surface area contributed by atoms with Crippen LogP contribution >= 0.6 is 11.6 Å². The number of aryl methyl sites for hydroxylation is 2. The molecule has 1 amide bonds. The molecule has 0 aliphatic rings. The summed E-state index contributed by atoms with van der Waals surface area (Å²) in [6.45, 7) is 4.29. The van der Waals surface area contributed by atoms with Crippen molar-refractivity contribution in [3.63, 3.8) is 0 Å². The third-order valence-electron chi connectivity index (χ3n) is 4.91. The van der Waals surface area contributed by atoms with Crippen LogP contribution in [0.15, 0.2) is 66.2 Å². The highest BCUT2D eigenvalue weighted by Gasteiger charge is 2.12. The quantitative estimate of drug-likeness (QED) is 0.352. The lowest BCUT2D eigenvalue weighted by Crippen LogP contribution is -2.13. The van der Waals surface area contributed by atoms with E-state index in [1.807, 2.05) is 56.3 Å². The van der Waals surface area contributed by atoms with Gasteiger partial charge in [-0.3, -0.25) is 4.79 Å². The molecule has 0 aliphatic carbocycles. The highest BCUT2D eigenvalue weighted by Crippen LogP contribution is 2.30. The van der Waals surface area contributed by atoms with Gasteiger partial charge in [0.1, 0.15) is 18.2 Å². The minimum atomic E-state index is -0.476. The highest BCUT2D eigenvalue weighted by atomic mass is 35.5. The summed E-state index contributed by atoms with van der Waals surface area (Å²) in [7, 11) is 1.53. The van der Waals surface area contributed by atoms with Gasteiger partial charge in [-0.1, -0.05) is 35.9 Å². The Hall–Kier alpha value is -3.75. The zero-order valence-corrected chi connectivity index (χ0v) is 18.9. The molecular weight excluding hydrogens is 424 g/mol. The lowest BCUT2D eigenvalue weighted by Gasteiger charge is -2.12.